The molecule has 2 fully saturated rings. The molecule has 1 aromatic carbocycles. The quantitative estimate of drug-likeness (QED) is 0.791. The molecule has 2 heterocycles. The number of aromatic nitrogens is 3. The van der Waals surface area contributed by atoms with Crippen LogP contribution in [0.3, 0.4) is 0 Å². The van der Waals surface area contributed by atoms with Gasteiger partial charge in [0.2, 0.25) is 5.91 Å². The molecule has 1 unspecified atom stereocenters. The summed E-state index contributed by atoms with van der Waals surface area (Å²) in [6.45, 7) is 1.74. The molecule has 7 heteroatoms. The Bertz CT molecular complexity index is 704. The van der Waals surface area contributed by atoms with Crippen molar-refractivity contribution in [2.75, 3.05) is 25.1 Å². The highest BCUT2D eigenvalue weighted by Gasteiger charge is 2.27. The van der Waals surface area contributed by atoms with Gasteiger partial charge in [-0.1, -0.05) is 12.1 Å². The summed E-state index contributed by atoms with van der Waals surface area (Å²) in [7, 11) is 0. The van der Waals surface area contributed by atoms with E-state index in [4.69, 9.17) is 4.74 Å². The smallest absolute Gasteiger partial charge is 0.243 e. The van der Waals surface area contributed by atoms with Crippen LogP contribution in [0.2, 0.25) is 0 Å². The number of amides is 1. The van der Waals surface area contributed by atoms with Crippen molar-refractivity contribution in [2.45, 2.75) is 24.8 Å². The minimum atomic E-state index is -0.308. The number of hydrogen-bond acceptors (Lipinski definition) is 5. The third-order valence-corrected chi connectivity index (χ3v) is 4.09. The van der Waals surface area contributed by atoms with Gasteiger partial charge in [0, 0.05) is 23.7 Å². The van der Waals surface area contributed by atoms with Crippen molar-refractivity contribution in [2.24, 2.45) is 0 Å². The lowest BCUT2D eigenvalue weighted by molar-refractivity contribution is -0.120. The fraction of sp³-hybridized carbons (Fsp3) is 0.438. The third-order valence-electron chi connectivity index (χ3n) is 4.09. The first kappa shape index (κ1) is 14.3. The van der Waals surface area contributed by atoms with Gasteiger partial charge in [-0.2, -0.15) is 5.10 Å². The van der Waals surface area contributed by atoms with E-state index in [-0.39, 0.29) is 11.9 Å². The molecule has 0 radical (unpaired) electrons. The van der Waals surface area contributed by atoms with Gasteiger partial charge in [-0.05, 0) is 25.0 Å². The summed E-state index contributed by atoms with van der Waals surface area (Å²) < 4.78 is 5.32. The molecule has 1 saturated heterocycles. The Morgan fingerprint density at radius 1 is 1.35 bits per heavy atom. The summed E-state index contributed by atoms with van der Waals surface area (Å²) in [5.74, 6) is 2.08. The molecule has 120 valence electrons. The molecule has 1 atom stereocenters. The zero-order valence-corrected chi connectivity index (χ0v) is 12.7. The molecule has 7 nitrogen and oxygen atoms in total. The van der Waals surface area contributed by atoms with Crippen LogP contribution < -0.4 is 10.6 Å². The van der Waals surface area contributed by atoms with Crippen LogP contribution in [0.4, 0.5) is 5.69 Å². The minimum Gasteiger partial charge on any atom is -0.378 e. The lowest BCUT2D eigenvalue weighted by Gasteiger charge is -2.22. The van der Waals surface area contributed by atoms with Crippen LogP contribution in [0.15, 0.2) is 24.3 Å². The highest BCUT2D eigenvalue weighted by Crippen LogP contribution is 2.38. The topological polar surface area (TPSA) is 91.9 Å². The van der Waals surface area contributed by atoms with Crippen molar-refractivity contribution in [1.82, 2.24) is 20.5 Å². The number of nitrogens with zero attached hydrogens (tertiary/aromatic N) is 2. The minimum absolute atomic E-state index is 0.0875. The number of carbonyl (C=O) groups is 1. The lowest BCUT2D eigenvalue weighted by Crippen LogP contribution is -2.48. The number of anilines is 1. The molecule has 1 aliphatic carbocycles. The Labute approximate surface area is 133 Å². The highest BCUT2D eigenvalue weighted by molar-refractivity contribution is 5.95. The largest absolute Gasteiger partial charge is 0.378 e. The molecule has 1 aliphatic heterocycles. The van der Waals surface area contributed by atoms with Crippen LogP contribution in [0.1, 0.15) is 24.6 Å². The van der Waals surface area contributed by atoms with E-state index in [0.717, 1.165) is 17.1 Å². The molecule has 1 saturated carbocycles. The van der Waals surface area contributed by atoms with E-state index >= 15 is 0 Å². The molecule has 1 amide bonds. The van der Waals surface area contributed by atoms with Crippen molar-refractivity contribution in [3.63, 3.8) is 0 Å². The summed E-state index contributed by atoms with van der Waals surface area (Å²) in [4.78, 5) is 16.8. The van der Waals surface area contributed by atoms with Crippen LogP contribution in [-0.4, -0.2) is 46.9 Å². The second-order valence-electron chi connectivity index (χ2n) is 5.97. The number of aromatic amines is 1. The van der Waals surface area contributed by atoms with E-state index in [2.05, 4.69) is 25.8 Å². The first-order chi connectivity index (χ1) is 11.3. The molecule has 2 aromatic rings. The van der Waals surface area contributed by atoms with Crippen molar-refractivity contribution in [3.8, 4) is 11.4 Å². The lowest BCUT2D eigenvalue weighted by atomic mass is 10.1. The second kappa shape index (κ2) is 6.10. The summed E-state index contributed by atoms with van der Waals surface area (Å²) >= 11 is 0. The number of ether oxygens (including phenoxy) is 1. The number of nitrogens with one attached hydrogen (secondary N) is 3. The molecule has 4 rings (SSSR count). The monoisotopic (exact) mass is 313 g/mol. The van der Waals surface area contributed by atoms with Crippen LogP contribution >= 0.6 is 0 Å². The maximum absolute atomic E-state index is 12.2. The van der Waals surface area contributed by atoms with Crippen LogP contribution in [0.5, 0.6) is 0 Å². The summed E-state index contributed by atoms with van der Waals surface area (Å²) in [6, 6.07) is 7.28. The highest BCUT2D eigenvalue weighted by atomic mass is 16.5. The van der Waals surface area contributed by atoms with Gasteiger partial charge < -0.3 is 15.4 Å². The molecule has 3 N–H and O–H groups in total. The predicted octanol–water partition coefficient (Wildman–Crippen LogP) is 1.28. The zero-order chi connectivity index (χ0) is 15.6. The van der Waals surface area contributed by atoms with E-state index in [0.29, 0.717) is 31.5 Å². The van der Waals surface area contributed by atoms with Crippen molar-refractivity contribution >= 4 is 11.6 Å². The predicted molar refractivity (Wildman–Crippen MR) is 85.0 cm³/mol. The zero-order valence-electron chi connectivity index (χ0n) is 12.7. The van der Waals surface area contributed by atoms with Gasteiger partial charge >= 0.3 is 0 Å². The molecular formula is C16H19N5O2. The van der Waals surface area contributed by atoms with Gasteiger partial charge in [0.15, 0.2) is 5.82 Å². The molecule has 0 bridgehead atoms. The fourth-order valence-electron chi connectivity index (χ4n) is 2.64. The molecule has 23 heavy (non-hydrogen) atoms. The Morgan fingerprint density at radius 3 is 3.04 bits per heavy atom. The molecule has 1 aromatic heterocycles. The number of morpholine rings is 1. The molecule has 0 spiro atoms. The maximum atomic E-state index is 12.2. The SMILES string of the molecule is O=C(Nc1cccc(-c2n[nH]c(C3CC3)n2)c1)C1COCCN1. The standard InChI is InChI=1S/C16H19N5O2/c22-16(13-9-23-7-6-17-13)18-12-3-1-2-11(8-12)15-19-14(20-21-15)10-4-5-10/h1-3,8,10,13,17H,4-7,9H2,(H,18,22)(H,19,20,21). The van der Waals surface area contributed by atoms with Crippen LogP contribution in [0, 0.1) is 0 Å². The van der Waals surface area contributed by atoms with Crippen molar-refractivity contribution < 1.29 is 9.53 Å². The average Bonchev–Trinajstić information content (AvgIpc) is 3.33. The first-order valence-electron chi connectivity index (χ1n) is 7.94. The van der Waals surface area contributed by atoms with Gasteiger partial charge in [-0.15, -0.1) is 0 Å². The van der Waals surface area contributed by atoms with Gasteiger partial charge in [-0.3, -0.25) is 9.89 Å². The normalized spacial score (nSPS) is 21.1. The first-order valence-corrected chi connectivity index (χ1v) is 7.94. The van der Waals surface area contributed by atoms with Crippen LogP contribution in [0.25, 0.3) is 11.4 Å². The second-order valence-corrected chi connectivity index (χ2v) is 5.97. The Morgan fingerprint density at radius 2 is 2.26 bits per heavy atom. The van der Waals surface area contributed by atoms with E-state index in [1.54, 1.807) is 0 Å². The number of H-pyrrole nitrogens is 1. The molecule has 2 aliphatic rings. The average molecular weight is 313 g/mol. The Kier molecular flexibility index (Phi) is 3.80. The Hall–Kier alpha value is -2.25. The van der Waals surface area contributed by atoms with Gasteiger partial charge in [0.1, 0.15) is 11.9 Å². The third kappa shape index (κ3) is 3.25. The van der Waals surface area contributed by atoms with E-state index in [9.17, 15) is 4.79 Å². The number of rotatable bonds is 4. The summed E-state index contributed by atoms with van der Waals surface area (Å²) in [5, 5.41) is 13.3. The number of carbonyl (C=O) groups excluding carboxylic acids is 1. The van der Waals surface area contributed by atoms with Crippen molar-refractivity contribution in [3.05, 3.63) is 30.1 Å². The Balaban J connectivity index is 1.47. The number of benzene rings is 1. The fourth-order valence-corrected chi connectivity index (χ4v) is 2.64. The van der Waals surface area contributed by atoms with Gasteiger partial charge in [0.05, 0.1) is 13.2 Å². The van der Waals surface area contributed by atoms with E-state index in [1.807, 2.05) is 24.3 Å². The summed E-state index contributed by atoms with van der Waals surface area (Å²) in [5.41, 5.74) is 1.62. The maximum Gasteiger partial charge on any atom is 0.243 e. The van der Waals surface area contributed by atoms with E-state index in [1.165, 1.54) is 12.8 Å². The number of hydrogen-bond donors (Lipinski definition) is 3. The van der Waals surface area contributed by atoms with Crippen LogP contribution in [-0.2, 0) is 9.53 Å². The van der Waals surface area contributed by atoms with Gasteiger partial charge in [0.25, 0.3) is 0 Å². The molecular weight excluding hydrogens is 294 g/mol. The summed E-state index contributed by atoms with van der Waals surface area (Å²) in [6.07, 6.45) is 2.36. The van der Waals surface area contributed by atoms with Crippen molar-refractivity contribution in [1.29, 1.82) is 0 Å². The van der Waals surface area contributed by atoms with E-state index < -0.39 is 0 Å². The van der Waals surface area contributed by atoms with Gasteiger partial charge in [-0.25, -0.2) is 4.98 Å².